The summed E-state index contributed by atoms with van der Waals surface area (Å²) in [7, 11) is 0. The van der Waals surface area contributed by atoms with Crippen LogP contribution in [-0.2, 0) is 0 Å². The lowest BCUT2D eigenvalue weighted by atomic mass is 10.1. The summed E-state index contributed by atoms with van der Waals surface area (Å²) in [5.41, 5.74) is 5.33. The fourth-order valence-electron chi connectivity index (χ4n) is 1.46. The highest BCUT2D eigenvalue weighted by molar-refractivity contribution is 5.98. The van der Waals surface area contributed by atoms with Gasteiger partial charge in [-0.2, -0.15) is 0 Å². The molecule has 2 amide bonds. The summed E-state index contributed by atoms with van der Waals surface area (Å²) in [5, 5.41) is 0. The first kappa shape index (κ1) is 12.8. The SMILES string of the molecule is Cc1ccc(C(=O)NNC(=O)c2ccc[nH]2)cc1F. The highest BCUT2D eigenvalue weighted by atomic mass is 19.1. The van der Waals surface area contributed by atoms with Crippen LogP contribution in [0.15, 0.2) is 36.5 Å². The van der Waals surface area contributed by atoms with Gasteiger partial charge in [-0.1, -0.05) is 6.07 Å². The molecule has 5 nitrogen and oxygen atoms in total. The molecule has 0 aliphatic rings. The van der Waals surface area contributed by atoms with Crippen molar-refractivity contribution in [3.05, 3.63) is 59.2 Å². The normalized spacial score (nSPS) is 10.0. The molecule has 0 saturated heterocycles. The highest BCUT2D eigenvalue weighted by Gasteiger charge is 2.10. The zero-order chi connectivity index (χ0) is 13.8. The highest BCUT2D eigenvalue weighted by Crippen LogP contribution is 2.08. The molecule has 1 aromatic heterocycles. The molecule has 19 heavy (non-hydrogen) atoms. The van der Waals surface area contributed by atoms with Crippen molar-refractivity contribution in [1.29, 1.82) is 0 Å². The maximum absolute atomic E-state index is 13.3. The zero-order valence-corrected chi connectivity index (χ0v) is 10.2. The molecular weight excluding hydrogens is 249 g/mol. The first-order valence-electron chi connectivity index (χ1n) is 5.58. The monoisotopic (exact) mass is 261 g/mol. The summed E-state index contributed by atoms with van der Waals surface area (Å²) in [6, 6.07) is 7.32. The number of aromatic amines is 1. The van der Waals surface area contributed by atoms with E-state index in [1.165, 1.54) is 12.1 Å². The third-order valence-corrected chi connectivity index (χ3v) is 2.57. The van der Waals surface area contributed by atoms with Crippen molar-refractivity contribution in [2.75, 3.05) is 0 Å². The Morgan fingerprint density at radius 3 is 2.53 bits per heavy atom. The van der Waals surface area contributed by atoms with Gasteiger partial charge in [0, 0.05) is 11.8 Å². The number of halogens is 1. The molecule has 0 atom stereocenters. The number of hydrogen-bond donors (Lipinski definition) is 3. The maximum Gasteiger partial charge on any atom is 0.286 e. The summed E-state index contributed by atoms with van der Waals surface area (Å²) in [6.45, 7) is 1.60. The quantitative estimate of drug-likeness (QED) is 0.717. The number of rotatable bonds is 2. The van der Waals surface area contributed by atoms with Crippen molar-refractivity contribution in [2.45, 2.75) is 6.92 Å². The van der Waals surface area contributed by atoms with Crippen LogP contribution in [0.5, 0.6) is 0 Å². The van der Waals surface area contributed by atoms with E-state index in [1.54, 1.807) is 25.3 Å². The lowest BCUT2D eigenvalue weighted by Crippen LogP contribution is -2.41. The fourth-order valence-corrected chi connectivity index (χ4v) is 1.46. The van der Waals surface area contributed by atoms with Crippen LogP contribution in [0.25, 0.3) is 0 Å². The predicted octanol–water partition coefficient (Wildman–Crippen LogP) is 1.54. The minimum Gasteiger partial charge on any atom is -0.357 e. The molecule has 0 aliphatic heterocycles. The number of H-pyrrole nitrogens is 1. The van der Waals surface area contributed by atoms with Gasteiger partial charge in [-0.05, 0) is 36.8 Å². The number of benzene rings is 1. The lowest BCUT2D eigenvalue weighted by Gasteiger charge is -2.07. The Balaban J connectivity index is 1.98. The van der Waals surface area contributed by atoms with Gasteiger partial charge in [-0.3, -0.25) is 20.4 Å². The van der Waals surface area contributed by atoms with Gasteiger partial charge in [-0.15, -0.1) is 0 Å². The molecule has 0 bridgehead atoms. The molecule has 0 aliphatic carbocycles. The van der Waals surface area contributed by atoms with Gasteiger partial charge in [0.15, 0.2) is 0 Å². The molecule has 0 unspecified atom stereocenters. The van der Waals surface area contributed by atoms with Gasteiger partial charge in [0.1, 0.15) is 11.5 Å². The van der Waals surface area contributed by atoms with Crippen LogP contribution in [0.1, 0.15) is 26.4 Å². The van der Waals surface area contributed by atoms with Crippen LogP contribution in [0.2, 0.25) is 0 Å². The smallest absolute Gasteiger partial charge is 0.286 e. The van der Waals surface area contributed by atoms with Crippen LogP contribution in [0.4, 0.5) is 4.39 Å². The third-order valence-electron chi connectivity index (χ3n) is 2.57. The molecule has 1 aromatic carbocycles. The van der Waals surface area contributed by atoms with E-state index in [0.717, 1.165) is 6.07 Å². The van der Waals surface area contributed by atoms with E-state index in [4.69, 9.17) is 0 Å². The van der Waals surface area contributed by atoms with Crippen LogP contribution >= 0.6 is 0 Å². The zero-order valence-electron chi connectivity index (χ0n) is 10.2. The van der Waals surface area contributed by atoms with E-state index in [2.05, 4.69) is 15.8 Å². The Hall–Kier alpha value is -2.63. The van der Waals surface area contributed by atoms with Gasteiger partial charge in [0.2, 0.25) is 0 Å². The van der Waals surface area contributed by atoms with Gasteiger partial charge in [0.25, 0.3) is 11.8 Å². The Labute approximate surface area is 108 Å². The van der Waals surface area contributed by atoms with Crippen LogP contribution in [0, 0.1) is 12.7 Å². The molecule has 1 heterocycles. The molecule has 2 aromatic rings. The molecule has 0 spiro atoms. The fraction of sp³-hybridized carbons (Fsp3) is 0.0769. The van der Waals surface area contributed by atoms with Crippen molar-refractivity contribution in [3.63, 3.8) is 0 Å². The van der Waals surface area contributed by atoms with E-state index >= 15 is 0 Å². The third kappa shape index (κ3) is 2.98. The first-order chi connectivity index (χ1) is 9.08. The molecule has 98 valence electrons. The van der Waals surface area contributed by atoms with E-state index in [-0.39, 0.29) is 5.56 Å². The molecule has 3 N–H and O–H groups in total. The summed E-state index contributed by atoms with van der Waals surface area (Å²) >= 11 is 0. The number of hydrazine groups is 1. The van der Waals surface area contributed by atoms with Gasteiger partial charge in [-0.25, -0.2) is 4.39 Å². The number of amides is 2. The molecule has 6 heteroatoms. The van der Waals surface area contributed by atoms with E-state index in [1.807, 2.05) is 0 Å². The molecule has 2 rings (SSSR count). The van der Waals surface area contributed by atoms with Gasteiger partial charge < -0.3 is 4.98 Å². The van der Waals surface area contributed by atoms with E-state index < -0.39 is 17.6 Å². The number of carbonyl (C=O) groups excluding carboxylic acids is 2. The predicted molar refractivity (Wildman–Crippen MR) is 66.9 cm³/mol. The van der Waals surface area contributed by atoms with Crippen molar-refractivity contribution in [2.24, 2.45) is 0 Å². The molecule has 0 saturated carbocycles. The van der Waals surface area contributed by atoms with Crippen molar-refractivity contribution in [1.82, 2.24) is 15.8 Å². The Kier molecular flexibility index (Phi) is 3.61. The number of aryl methyl sites for hydroxylation is 1. The second-order valence-electron chi connectivity index (χ2n) is 3.96. The first-order valence-corrected chi connectivity index (χ1v) is 5.58. The minimum absolute atomic E-state index is 0.134. The van der Waals surface area contributed by atoms with Gasteiger partial charge in [0.05, 0.1) is 0 Å². The van der Waals surface area contributed by atoms with E-state index in [9.17, 15) is 14.0 Å². The average Bonchev–Trinajstić information content (AvgIpc) is 2.92. The van der Waals surface area contributed by atoms with Crippen molar-refractivity contribution < 1.29 is 14.0 Å². The van der Waals surface area contributed by atoms with Gasteiger partial charge >= 0.3 is 0 Å². The molecular formula is C13H12FN3O2. The van der Waals surface area contributed by atoms with Crippen LogP contribution in [-0.4, -0.2) is 16.8 Å². The van der Waals surface area contributed by atoms with Crippen molar-refractivity contribution >= 4 is 11.8 Å². The lowest BCUT2D eigenvalue weighted by molar-refractivity contribution is 0.0844. The van der Waals surface area contributed by atoms with Crippen LogP contribution < -0.4 is 10.9 Å². The summed E-state index contributed by atoms with van der Waals surface area (Å²) in [5.74, 6) is -1.53. The number of aromatic nitrogens is 1. The second kappa shape index (κ2) is 5.34. The molecule has 0 radical (unpaired) electrons. The topological polar surface area (TPSA) is 74.0 Å². The Morgan fingerprint density at radius 1 is 1.16 bits per heavy atom. The maximum atomic E-state index is 13.3. The van der Waals surface area contributed by atoms with Crippen molar-refractivity contribution in [3.8, 4) is 0 Å². The van der Waals surface area contributed by atoms with E-state index in [0.29, 0.717) is 11.3 Å². The largest absolute Gasteiger partial charge is 0.357 e. The summed E-state index contributed by atoms with van der Waals surface area (Å²) < 4.78 is 13.3. The number of nitrogens with one attached hydrogen (secondary N) is 3. The number of carbonyl (C=O) groups is 2. The molecule has 0 fully saturated rings. The van der Waals surface area contributed by atoms with Crippen LogP contribution in [0.3, 0.4) is 0 Å². The second-order valence-corrected chi connectivity index (χ2v) is 3.96. The summed E-state index contributed by atoms with van der Waals surface area (Å²) in [4.78, 5) is 25.9. The minimum atomic E-state index is -0.584. The average molecular weight is 261 g/mol. The number of hydrogen-bond acceptors (Lipinski definition) is 2. The Bertz CT molecular complexity index is 608. The summed E-state index contributed by atoms with van der Waals surface area (Å²) in [6.07, 6.45) is 1.59. The standard InChI is InChI=1S/C13H12FN3O2/c1-8-4-5-9(7-10(8)14)12(18)16-17-13(19)11-3-2-6-15-11/h2-7,15H,1H3,(H,16,18)(H,17,19). The Morgan fingerprint density at radius 2 is 1.89 bits per heavy atom.